The Morgan fingerprint density at radius 2 is 1.87 bits per heavy atom. The molecule has 3 aliphatic rings. The van der Waals surface area contributed by atoms with E-state index in [0.29, 0.717) is 31.8 Å². The van der Waals surface area contributed by atoms with Crippen LogP contribution in [-0.4, -0.2) is 35.8 Å². The van der Waals surface area contributed by atoms with E-state index in [1.165, 1.54) is 40.8 Å². The zero-order valence-corrected chi connectivity index (χ0v) is 17.8. The van der Waals surface area contributed by atoms with Crippen molar-refractivity contribution in [3.8, 4) is 0 Å². The SMILES string of the molecule is Cc1ccc2c(c1)c1c(n2CC2(c3ccc(F)cc3F)OCCO2)CC2CCC1N2C. The summed E-state index contributed by atoms with van der Waals surface area (Å²) in [5.74, 6) is -2.50. The fraction of sp³-hybridized carbons (Fsp3) is 0.440. The minimum absolute atomic E-state index is 0.255. The summed E-state index contributed by atoms with van der Waals surface area (Å²) < 4.78 is 42.8. The first-order chi connectivity index (χ1) is 15.0. The van der Waals surface area contributed by atoms with Crippen molar-refractivity contribution < 1.29 is 18.3 Å². The maximum absolute atomic E-state index is 14.9. The minimum Gasteiger partial charge on any atom is -0.342 e. The van der Waals surface area contributed by atoms with Crippen molar-refractivity contribution in [2.24, 2.45) is 0 Å². The number of likely N-dealkylation sites (N-methyl/N-ethyl adjacent to an activating group) is 1. The molecule has 31 heavy (non-hydrogen) atoms. The summed E-state index contributed by atoms with van der Waals surface area (Å²) in [6.07, 6.45) is 3.30. The van der Waals surface area contributed by atoms with Crippen molar-refractivity contribution in [2.75, 3.05) is 20.3 Å². The molecule has 3 aromatic rings. The summed E-state index contributed by atoms with van der Waals surface area (Å²) in [6, 6.07) is 11.1. The third kappa shape index (κ3) is 2.81. The molecule has 4 nitrogen and oxygen atoms in total. The average Bonchev–Trinajstić information content (AvgIpc) is 3.37. The van der Waals surface area contributed by atoms with Gasteiger partial charge in [0.05, 0.1) is 19.8 Å². The first kappa shape index (κ1) is 19.4. The maximum Gasteiger partial charge on any atom is 0.216 e. The van der Waals surface area contributed by atoms with E-state index in [0.717, 1.165) is 24.4 Å². The second-order valence-corrected chi connectivity index (χ2v) is 9.16. The normalized spacial score (nSPS) is 24.8. The highest BCUT2D eigenvalue weighted by molar-refractivity contribution is 5.87. The Bertz CT molecular complexity index is 1180. The topological polar surface area (TPSA) is 26.6 Å². The van der Waals surface area contributed by atoms with Gasteiger partial charge in [-0.2, -0.15) is 0 Å². The summed E-state index contributed by atoms with van der Waals surface area (Å²) in [5, 5.41) is 1.26. The molecule has 2 aromatic carbocycles. The summed E-state index contributed by atoms with van der Waals surface area (Å²) in [7, 11) is 2.23. The molecular weight excluding hydrogens is 398 g/mol. The summed E-state index contributed by atoms with van der Waals surface area (Å²) in [5.41, 5.74) is 5.29. The van der Waals surface area contributed by atoms with Gasteiger partial charge in [-0.3, -0.25) is 4.90 Å². The van der Waals surface area contributed by atoms with Gasteiger partial charge in [0.2, 0.25) is 5.79 Å². The van der Waals surface area contributed by atoms with E-state index in [1.807, 2.05) is 0 Å². The Labute approximate surface area is 180 Å². The standard InChI is InChI=1S/C25H26F2N2O2/c1-15-3-7-21-18(11-15)24-22-8-5-17(28(22)2)13-23(24)29(21)14-25(30-9-10-31-25)19-6-4-16(26)12-20(19)27/h3-4,6-7,11-12,17,22H,5,8-10,13-14H2,1-2H3. The molecule has 0 amide bonds. The zero-order valence-electron chi connectivity index (χ0n) is 17.8. The van der Waals surface area contributed by atoms with Crippen LogP contribution in [0.3, 0.4) is 0 Å². The maximum atomic E-state index is 14.9. The van der Waals surface area contributed by atoms with Gasteiger partial charge in [0, 0.05) is 46.7 Å². The van der Waals surface area contributed by atoms with Gasteiger partial charge in [-0.25, -0.2) is 8.78 Å². The summed E-state index contributed by atoms with van der Waals surface area (Å²) in [6.45, 7) is 3.22. The molecule has 2 unspecified atom stereocenters. The van der Waals surface area contributed by atoms with Crippen LogP contribution in [-0.2, 0) is 28.2 Å². The van der Waals surface area contributed by atoms with Crippen LogP contribution in [0.5, 0.6) is 0 Å². The predicted octanol–water partition coefficient (Wildman–Crippen LogP) is 4.82. The molecular formula is C25H26F2N2O2. The van der Waals surface area contributed by atoms with Gasteiger partial charge in [-0.05, 0) is 56.6 Å². The quantitative estimate of drug-likeness (QED) is 0.603. The molecule has 162 valence electrons. The first-order valence-corrected chi connectivity index (χ1v) is 11.0. The highest BCUT2D eigenvalue weighted by Crippen LogP contribution is 2.48. The van der Waals surface area contributed by atoms with Gasteiger partial charge in [0.25, 0.3) is 0 Å². The molecule has 6 rings (SSSR count). The Morgan fingerprint density at radius 3 is 2.65 bits per heavy atom. The number of hydrogen-bond donors (Lipinski definition) is 0. The molecule has 0 radical (unpaired) electrons. The largest absolute Gasteiger partial charge is 0.342 e. The number of benzene rings is 2. The van der Waals surface area contributed by atoms with Crippen LogP contribution in [0.4, 0.5) is 8.78 Å². The molecule has 4 heterocycles. The lowest BCUT2D eigenvalue weighted by molar-refractivity contribution is -0.177. The van der Waals surface area contributed by atoms with Crippen LogP contribution in [0, 0.1) is 18.6 Å². The van der Waals surface area contributed by atoms with Crippen LogP contribution < -0.4 is 0 Å². The van der Waals surface area contributed by atoms with Crippen LogP contribution in [0.1, 0.15) is 41.3 Å². The Hall–Kier alpha value is -2.28. The third-order valence-electron chi connectivity index (χ3n) is 7.43. The van der Waals surface area contributed by atoms with Crippen molar-refractivity contribution in [1.82, 2.24) is 9.47 Å². The van der Waals surface area contributed by atoms with Crippen molar-refractivity contribution in [1.29, 1.82) is 0 Å². The average molecular weight is 424 g/mol. The van der Waals surface area contributed by atoms with Gasteiger partial charge in [-0.1, -0.05) is 11.6 Å². The van der Waals surface area contributed by atoms with Crippen molar-refractivity contribution >= 4 is 10.9 Å². The number of rotatable bonds is 3. The predicted molar refractivity (Wildman–Crippen MR) is 114 cm³/mol. The van der Waals surface area contributed by atoms with E-state index in [9.17, 15) is 8.78 Å². The molecule has 6 heteroatoms. The van der Waals surface area contributed by atoms with Gasteiger partial charge >= 0.3 is 0 Å². The molecule has 0 saturated carbocycles. The molecule has 1 aromatic heterocycles. The van der Waals surface area contributed by atoms with E-state index < -0.39 is 17.4 Å². The van der Waals surface area contributed by atoms with Crippen LogP contribution in [0.2, 0.25) is 0 Å². The van der Waals surface area contributed by atoms with E-state index in [1.54, 1.807) is 0 Å². The molecule has 2 atom stereocenters. The van der Waals surface area contributed by atoms with Crippen LogP contribution in [0.25, 0.3) is 10.9 Å². The fourth-order valence-electron chi connectivity index (χ4n) is 5.94. The van der Waals surface area contributed by atoms with Crippen molar-refractivity contribution in [2.45, 2.75) is 50.6 Å². The van der Waals surface area contributed by atoms with E-state index >= 15 is 0 Å². The number of ether oxygens (including phenoxy) is 2. The van der Waals surface area contributed by atoms with Gasteiger partial charge in [0.1, 0.15) is 11.6 Å². The highest BCUT2D eigenvalue weighted by atomic mass is 19.1. The summed E-state index contributed by atoms with van der Waals surface area (Å²) in [4.78, 5) is 2.51. The molecule has 2 fully saturated rings. The van der Waals surface area contributed by atoms with Crippen LogP contribution >= 0.6 is 0 Å². The molecule has 0 spiro atoms. The second kappa shape index (κ2) is 6.86. The van der Waals surface area contributed by atoms with Gasteiger partial charge in [-0.15, -0.1) is 0 Å². The molecule has 2 saturated heterocycles. The van der Waals surface area contributed by atoms with Gasteiger partial charge in [0.15, 0.2) is 0 Å². The third-order valence-corrected chi connectivity index (χ3v) is 7.43. The van der Waals surface area contributed by atoms with E-state index in [4.69, 9.17) is 9.47 Å². The molecule has 2 bridgehead atoms. The second-order valence-electron chi connectivity index (χ2n) is 9.16. The fourth-order valence-corrected chi connectivity index (χ4v) is 5.94. The van der Waals surface area contributed by atoms with Crippen LogP contribution in [0.15, 0.2) is 36.4 Å². The number of aromatic nitrogens is 1. The lowest BCUT2D eigenvalue weighted by Gasteiger charge is -2.34. The van der Waals surface area contributed by atoms with Crippen molar-refractivity contribution in [3.63, 3.8) is 0 Å². The monoisotopic (exact) mass is 424 g/mol. The molecule has 3 aliphatic heterocycles. The number of fused-ring (bicyclic) bond motifs is 6. The van der Waals surface area contributed by atoms with E-state index in [-0.39, 0.29) is 5.56 Å². The Balaban J connectivity index is 1.54. The number of nitrogens with zero attached hydrogens (tertiary/aromatic N) is 2. The first-order valence-electron chi connectivity index (χ1n) is 11.0. The number of hydrogen-bond acceptors (Lipinski definition) is 3. The number of aryl methyl sites for hydroxylation is 1. The zero-order chi connectivity index (χ0) is 21.3. The van der Waals surface area contributed by atoms with Gasteiger partial charge < -0.3 is 14.0 Å². The number of halogens is 2. The Kier molecular flexibility index (Phi) is 4.29. The minimum atomic E-state index is -1.26. The molecule has 0 aliphatic carbocycles. The smallest absolute Gasteiger partial charge is 0.216 e. The lowest BCUT2D eigenvalue weighted by atomic mass is 9.97. The molecule has 0 N–H and O–H groups in total. The lowest BCUT2D eigenvalue weighted by Crippen LogP contribution is -2.37. The highest BCUT2D eigenvalue weighted by Gasteiger charge is 2.45. The summed E-state index contributed by atoms with van der Waals surface area (Å²) >= 11 is 0. The van der Waals surface area contributed by atoms with E-state index in [2.05, 4.69) is 41.6 Å². The Morgan fingerprint density at radius 1 is 1.06 bits per heavy atom. The van der Waals surface area contributed by atoms with Crippen molar-refractivity contribution in [3.05, 3.63) is 70.4 Å².